The van der Waals surface area contributed by atoms with Crippen molar-refractivity contribution >= 4 is 72.8 Å². The maximum atomic E-state index is 13.8. The highest BCUT2D eigenvalue weighted by atomic mass is 31.2. The van der Waals surface area contributed by atoms with Crippen LogP contribution in [0.1, 0.15) is 99.3 Å². The van der Waals surface area contributed by atoms with Crippen LogP contribution in [-0.4, -0.2) is 156 Å². The second-order valence-electron chi connectivity index (χ2n) is 16.9. The molecule has 1 aliphatic heterocycles. The van der Waals surface area contributed by atoms with Crippen molar-refractivity contribution in [2.75, 3.05) is 12.7 Å². The zero-order chi connectivity index (χ0) is 50.8. The lowest BCUT2D eigenvalue weighted by Crippen LogP contribution is -2.61. The van der Waals surface area contributed by atoms with E-state index in [1.807, 2.05) is 12.2 Å². The minimum Gasteiger partial charge on any atom is -0.481 e. The molecule has 8 amide bonds. The van der Waals surface area contributed by atoms with E-state index in [0.29, 0.717) is 12.8 Å². The summed E-state index contributed by atoms with van der Waals surface area (Å²) in [6.07, 6.45) is -4.18. The number of carboxylic acids is 3. The van der Waals surface area contributed by atoms with Crippen LogP contribution in [0.4, 0.5) is 0 Å². The summed E-state index contributed by atoms with van der Waals surface area (Å²) in [7, 11) is -4.88. The van der Waals surface area contributed by atoms with E-state index in [4.69, 9.17) is 16.6 Å². The van der Waals surface area contributed by atoms with E-state index in [2.05, 4.69) is 26.6 Å². The van der Waals surface area contributed by atoms with Gasteiger partial charge in [0.1, 0.15) is 42.3 Å². The molecule has 27 heteroatoms. The van der Waals surface area contributed by atoms with Crippen molar-refractivity contribution in [3.8, 4) is 0 Å². The van der Waals surface area contributed by atoms with E-state index in [1.165, 1.54) is 18.7 Å². The van der Waals surface area contributed by atoms with Crippen molar-refractivity contribution in [1.29, 1.82) is 0 Å². The number of hydrogen-bond donors (Lipinski definition) is 13. The number of nitrogens with two attached hydrogens (primary N) is 2. The average molecular weight is 964 g/mol. The van der Waals surface area contributed by atoms with Crippen molar-refractivity contribution in [2.45, 2.75) is 148 Å². The van der Waals surface area contributed by atoms with Gasteiger partial charge in [-0.25, -0.2) is 4.79 Å². The van der Waals surface area contributed by atoms with Gasteiger partial charge in [-0.3, -0.25) is 52.5 Å². The topological polar surface area (TPSA) is 433 Å². The summed E-state index contributed by atoms with van der Waals surface area (Å²) in [5, 5.41) is 41.5. The van der Waals surface area contributed by atoms with Crippen molar-refractivity contribution in [2.24, 2.45) is 29.2 Å². The molecule has 1 aliphatic rings. The first-order valence-electron chi connectivity index (χ1n) is 21.4. The lowest BCUT2D eigenvalue weighted by Gasteiger charge is -2.32. The van der Waals surface area contributed by atoms with E-state index >= 15 is 0 Å². The number of nitrogens with one attached hydrogen (secondary N) is 6. The van der Waals surface area contributed by atoms with Crippen LogP contribution in [0.2, 0.25) is 0 Å². The molecule has 26 nitrogen and oxygen atoms in total. The number of carbonyl (C=O) groups is 11. The summed E-state index contributed by atoms with van der Waals surface area (Å²) in [5.74, 6) is -14.0. The summed E-state index contributed by atoms with van der Waals surface area (Å²) in [6, 6.07) is -12.0. The highest BCUT2D eigenvalue weighted by Crippen LogP contribution is 2.35. The van der Waals surface area contributed by atoms with Gasteiger partial charge in [0, 0.05) is 19.4 Å². The van der Waals surface area contributed by atoms with E-state index < -0.39 is 178 Å². The molecule has 0 aromatic heterocycles. The van der Waals surface area contributed by atoms with Crippen LogP contribution in [0.5, 0.6) is 0 Å². The number of rotatable bonds is 29. The van der Waals surface area contributed by atoms with Crippen LogP contribution in [0.25, 0.3) is 0 Å². The van der Waals surface area contributed by atoms with Gasteiger partial charge >= 0.3 is 25.5 Å². The van der Waals surface area contributed by atoms with E-state index in [0.717, 1.165) is 0 Å². The third-order valence-corrected chi connectivity index (χ3v) is 11.6. The quantitative estimate of drug-likeness (QED) is 0.0329. The first-order valence-corrected chi connectivity index (χ1v) is 23.2. The molecule has 1 rings (SSSR count). The fourth-order valence-electron chi connectivity index (χ4n) is 6.66. The van der Waals surface area contributed by atoms with Gasteiger partial charge in [0.2, 0.25) is 47.3 Å². The molecule has 0 unspecified atom stereocenters. The second-order valence-corrected chi connectivity index (χ2v) is 18.6. The molecule has 1 heterocycles. The van der Waals surface area contributed by atoms with Crippen LogP contribution in [-0.2, 0) is 57.3 Å². The molecule has 374 valence electrons. The van der Waals surface area contributed by atoms with E-state index in [9.17, 15) is 77.3 Å². The summed E-state index contributed by atoms with van der Waals surface area (Å²) in [4.78, 5) is 162. The van der Waals surface area contributed by atoms with Gasteiger partial charge in [0.15, 0.2) is 0 Å². The molecule has 0 aliphatic carbocycles. The smallest absolute Gasteiger partial charge is 0.326 e. The molecule has 1 fully saturated rings. The lowest BCUT2D eigenvalue weighted by molar-refractivity contribution is -0.144. The predicted molar refractivity (Wildman–Crippen MR) is 230 cm³/mol. The summed E-state index contributed by atoms with van der Waals surface area (Å²) < 4.78 is 11.9. The number of carbonyl (C=O) groups excluding carboxylic acids is 8. The number of carboxylic acid groups (broad SMARTS) is 3. The Kier molecular flexibility index (Phi) is 23.9. The highest BCUT2D eigenvalue weighted by Gasteiger charge is 2.41. The number of amides is 8. The standard InChI is InChI=1S/C39H66N9O17P/c1-7-20(6)29(41)36(58)47-31(19(4)5)38(60)48-15-8-9-25(48)35(57)45-24(17-26(40)49)34(56)42-22(14-16-66(63,64)65)33(55)46-30(18(2)3)37(59)43-21(10-12-27(50)51)32(54)44-23(39(61)62)11-13-28(52)53/h18-25,29-31H,7-17,41H2,1-6H3,(H2,40,49)(H,42,56)(H,43,59)(H,44,54)(H,45,57)(H,46,55)(H,47,58)(H,50,51)(H,52,53)(H,61,62)(H2,63,64,65)/t20-,21-,22-,23-,24-,25-,29-,30-,31-/m0/s1. The Hall–Kier alpha value is -5.72. The number of likely N-dealkylation sites (tertiary alicyclic amines) is 1. The molecule has 66 heavy (non-hydrogen) atoms. The zero-order valence-electron chi connectivity index (χ0n) is 37.8. The fraction of sp³-hybridized carbons (Fsp3) is 0.718. The Balaban J connectivity index is 3.41. The van der Waals surface area contributed by atoms with Gasteiger partial charge in [-0.2, -0.15) is 0 Å². The first-order chi connectivity index (χ1) is 30.5. The first kappa shape index (κ1) is 58.3. The van der Waals surface area contributed by atoms with Crippen molar-refractivity contribution in [1.82, 2.24) is 36.8 Å². The van der Waals surface area contributed by atoms with Gasteiger partial charge in [0.25, 0.3) is 0 Å². The summed E-state index contributed by atoms with van der Waals surface area (Å²) in [6.45, 7) is 9.89. The lowest BCUT2D eigenvalue weighted by atomic mass is 9.97. The van der Waals surface area contributed by atoms with Gasteiger partial charge in [0.05, 0.1) is 18.6 Å². The minimum absolute atomic E-state index is 0.0793. The van der Waals surface area contributed by atoms with E-state index in [1.54, 1.807) is 20.8 Å². The molecule has 0 aromatic rings. The number of primary amides is 1. The van der Waals surface area contributed by atoms with Crippen LogP contribution >= 0.6 is 7.60 Å². The Morgan fingerprint density at radius 2 is 1.12 bits per heavy atom. The van der Waals surface area contributed by atoms with E-state index in [-0.39, 0.29) is 18.9 Å². The molecule has 0 saturated carbocycles. The van der Waals surface area contributed by atoms with Gasteiger partial charge in [-0.15, -0.1) is 0 Å². The van der Waals surface area contributed by atoms with Crippen LogP contribution in [0.3, 0.4) is 0 Å². The van der Waals surface area contributed by atoms with Crippen molar-refractivity contribution in [3.63, 3.8) is 0 Å². The van der Waals surface area contributed by atoms with Crippen molar-refractivity contribution < 1.29 is 82.4 Å². The maximum absolute atomic E-state index is 13.8. The highest BCUT2D eigenvalue weighted by molar-refractivity contribution is 7.51. The minimum atomic E-state index is -4.88. The molecule has 0 aromatic carbocycles. The normalized spacial score (nSPS) is 17.4. The Morgan fingerprint density at radius 3 is 1.61 bits per heavy atom. The third-order valence-electron chi connectivity index (χ3n) is 10.8. The number of aliphatic carboxylic acids is 3. The van der Waals surface area contributed by atoms with Crippen LogP contribution in [0, 0.1) is 17.8 Å². The predicted octanol–water partition coefficient (Wildman–Crippen LogP) is -3.17. The molecule has 0 radical (unpaired) electrons. The Bertz CT molecular complexity index is 1840. The molecular formula is C39H66N9O17P. The molecular weight excluding hydrogens is 897 g/mol. The number of hydrogen-bond acceptors (Lipinski definition) is 13. The van der Waals surface area contributed by atoms with Gasteiger partial charge in [-0.05, 0) is 49.9 Å². The molecule has 0 spiro atoms. The largest absolute Gasteiger partial charge is 0.481 e. The number of nitrogens with zero attached hydrogens (tertiary/aromatic N) is 1. The van der Waals surface area contributed by atoms with Crippen LogP contribution in [0.15, 0.2) is 0 Å². The second kappa shape index (κ2) is 27.0. The monoisotopic (exact) mass is 963 g/mol. The molecule has 1 saturated heterocycles. The van der Waals surface area contributed by atoms with Gasteiger partial charge in [-0.1, -0.05) is 48.0 Å². The Morgan fingerprint density at radius 1 is 0.652 bits per heavy atom. The molecule has 0 bridgehead atoms. The van der Waals surface area contributed by atoms with Crippen LogP contribution < -0.4 is 43.4 Å². The third kappa shape index (κ3) is 19.8. The average Bonchev–Trinajstić information content (AvgIpc) is 3.71. The maximum Gasteiger partial charge on any atom is 0.326 e. The van der Waals surface area contributed by atoms with Gasteiger partial charge < -0.3 is 73.4 Å². The SMILES string of the molecule is CC[C@H](C)[C@H](N)C(=O)N[C@H](C(=O)N1CCC[C@H]1C(=O)N[C@@H](CC(N)=O)C(=O)N[C@@H](CCP(=O)(O)O)C(=O)N[C@H](C(=O)N[C@@H](CCC(=O)O)C(=O)N[C@@H](CCC(=O)O)C(=O)O)C(C)C)C(C)C. The Labute approximate surface area is 381 Å². The molecule has 9 atom stereocenters. The van der Waals surface area contributed by atoms with Crippen molar-refractivity contribution in [3.05, 3.63) is 0 Å². The molecule has 15 N–H and O–H groups in total. The summed E-state index contributed by atoms with van der Waals surface area (Å²) in [5.41, 5.74) is 11.5. The zero-order valence-corrected chi connectivity index (χ0v) is 38.7. The summed E-state index contributed by atoms with van der Waals surface area (Å²) >= 11 is 0. The fourth-order valence-corrected chi connectivity index (χ4v) is 7.25.